The predicted molar refractivity (Wildman–Crippen MR) is 106 cm³/mol. The number of benzene rings is 3. The van der Waals surface area contributed by atoms with Crippen molar-refractivity contribution in [2.24, 2.45) is 0 Å². The summed E-state index contributed by atoms with van der Waals surface area (Å²) in [7, 11) is 0. The number of anilines is 1. The minimum atomic E-state index is 0.221. The van der Waals surface area contributed by atoms with Crippen molar-refractivity contribution < 1.29 is 5.11 Å². The molecule has 0 heterocycles. The molecule has 3 heteroatoms. The van der Waals surface area contributed by atoms with Crippen LogP contribution in [-0.2, 0) is 0 Å². The fraction of sp³-hybridized carbons (Fsp3) is 0.0455. The SMILES string of the molecule is C=C(Nc1ccc2ccccc2c1)/C(=C/c1ccc(O)cc1)C(C)=N. The molecule has 0 atom stereocenters. The van der Waals surface area contributed by atoms with Crippen molar-refractivity contribution in [3.63, 3.8) is 0 Å². The van der Waals surface area contributed by atoms with Crippen molar-refractivity contribution in [1.82, 2.24) is 0 Å². The van der Waals surface area contributed by atoms with Gasteiger partial charge in [-0.2, -0.15) is 0 Å². The third-order valence-corrected chi connectivity index (χ3v) is 3.98. The van der Waals surface area contributed by atoms with Gasteiger partial charge in [0, 0.05) is 22.7 Å². The maximum absolute atomic E-state index is 9.40. The van der Waals surface area contributed by atoms with E-state index in [9.17, 15) is 5.11 Å². The largest absolute Gasteiger partial charge is 0.508 e. The Morgan fingerprint density at radius 3 is 2.36 bits per heavy atom. The molecule has 0 saturated heterocycles. The second kappa shape index (κ2) is 7.05. The number of phenolic OH excluding ortho intramolecular Hbond substituents is 1. The minimum absolute atomic E-state index is 0.221. The second-order valence-corrected chi connectivity index (χ2v) is 5.94. The van der Waals surface area contributed by atoms with E-state index >= 15 is 0 Å². The summed E-state index contributed by atoms with van der Waals surface area (Å²) in [6.45, 7) is 5.83. The van der Waals surface area contributed by atoms with E-state index in [1.807, 2.05) is 36.4 Å². The summed E-state index contributed by atoms with van der Waals surface area (Å²) in [6.07, 6.45) is 1.89. The number of aromatic hydroxyl groups is 1. The number of allylic oxidation sites excluding steroid dienone is 1. The Kier molecular flexibility index (Phi) is 4.66. The highest BCUT2D eigenvalue weighted by molar-refractivity contribution is 6.04. The van der Waals surface area contributed by atoms with Crippen LogP contribution in [0.5, 0.6) is 5.75 Å². The lowest BCUT2D eigenvalue weighted by Gasteiger charge is -2.14. The molecule has 0 aliphatic heterocycles. The maximum atomic E-state index is 9.40. The Morgan fingerprint density at radius 2 is 1.68 bits per heavy atom. The Balaban J connectivity index is 1.87. The van der Waals surface area contributed by atoms with Crippen molar-refractivity contribution in [1.29, 1.82) is 5.41 Å². The molecule has 3 N–H and O–H groups in total. The minimum Gasteiger partial charge on any atom is -0.508 e. The normalized spacial score (nSPS) is 11.3. The van der Waals surface area contributed by atoms with Crippen LogP contribution in [0.25, 0.3) is 16.8 Å². The molecule has 0 aliphatic rings. The van der Waals surface area contributed by atoms with Crippen LogP contribution in [0.1, 0.15) is 12.5 Å². The van der Waals surface area contributed by atoms with E-state index in [0.717, 1.165) is 22.2 Å². The lowest BCUT2D eigenvalue weighted by Crippen LogP contribution is -2.07. The van der Waals surface area contributed by atoms with Gasteiger partial charge in [0.1, 0.15) is 5.75 Å². The first kappa shape index (κ1) is 16.5. The quantitative estimate of drug-likeness (QED) is 0.422. The first-order chi connectivity index (χ1) is 12.0. The van der Waals surface area contributed by atoms with Gasteiger partial charge in [0.05, 0.1) is 0 Å². The Bertz CT molecular complexity index is 969. The van der Waals surface area contributed by atoms with Crippen LogP contribution < -0.4 is 5.32 Å². The molecule has 0 unspecified atom stereocenters. The van der Waals surface area contributed by atoms with Crippen LogP contribution in [0, 0.1) is 5.41 Å². The zero-order chi connectivity index (χ0) is 17.8. The molecule has 0 spiro atoms. The topological polar surface area (TPSA) is 56.1 Å². The number of rotatable bonds is 5. The highest BCUT2D eigenvalue weighted by Gasteiger charge is 2.07. The van der Waals surface area contributed by atoms with Gasteiger partial charge in [0.15, 0.2) is 0 Å². The zero-order valence-corrected chi connectivity index (χ0v) is 14.1. The smallest absolute Gasteiger partial charge is 0.115 e. The van der Waals surface area contributed by atoms with Gasteiger partial charge in [-0.1, -0.05) is 49.0 Å². The summed E-state index contributed by atoms with van der Waals surface area (Å²) in [6, 6.07) is 21.2. The summed E-state index contributed by atoms with van der Waals surface area (Å²) in [5.74, 6) is 0.221. The second-order valence-electron chi connectivity index (χ2n) is 5.94. The molecular formula is C22H20N2O. The number of hydrogen-bond acceptors (Lipinski definition) is 3. The van der Waals surface area contributed by atoms with Crippen LogP contribution in [0.3, 0.4) is 0 Å². The van der Waals surface area contributed by atoms with Crippen LogP contribution >= 0.6 is 0 Å². The van der Waals surface area contributed by atoms with Gasteiger partial charge in [0.2, 0.25) is 0 Å². The van der Waals surface area contributed by atoms with Crippen molar-refractivity contribution in [3.8, 4) is 5.75 Å². The van der Waals surface area contributed by atoms with E-state index in [-0.39, 0.29) is 5.75 Å². The molecule has 0 aromatic heterocycles. The number of nitrogens with one attached hydrogen (secondary N) is 2. The molecule has 3 aromatic rings. The number of fused-ring (bicyclic) bond motifs is 1. The van der Waals surface area contributed by atoms with E-state index in [2.05, 4.69) is 36.2 Å². The predicted octanol–water partition coefficient (Wildman–Crippen LogP) is 5.59. The fourth-order valence-corrected chi connectivity index (χ4v) is 2.67. The Morgan fingerprint density at radius 1 is 1.00 bits per heavy atom. The molecule has 0 bridgehead atoms. The lowest BCUT2D eigenvalue weighted by atomic mass is 10.0. The molecule has 124 valence electrons. The number of hydrogen-bond donors (Lipinski definition) is 3. The fourth-order valence-electron chi connectivity index (χ4n) is 2.67. The molecule has 0 saturated carbocycles. The molecular weight excluding hydrogens is 308 g/mol. The van der Waals surface area contributed by atoms with Crippen molar-refractivity contribution in [3.05, 3.63) is 90.1 Å². The third-order valence-electron chi connectivity index (χ3n) is 3.98. The average Bonchev–Trinajstić information content (AvgIpc) is 2.60. The van der Waals surface area contributed by atoms with Crippen LogP contribution in [-0.4, -0.2) is 10.8 Å². The summed E-state index contributed by atoms with van der Waals surface area (Å²) >= 11 is 0. The van der Waals surface area contributed by atoms with Gasteiger partial charge in [-0.3, -0.25) is 0 Å². The molecule has 3 nitrogen and oxygen atoms in total. The van der Waals surface area contributed by atoms with Gasteiger partial charge in [-0.05, 0) is 53.6 Å². The molecule has 25 heavy (non-hydrogen) atoms. The standard InChI is InChI=1S/C22H20N2O/c1-15(23)22(13-17-7-11-21(25)12-8-17)16(2)24-20-10-9-18-5-3-4-6-19(18)14-20/h3-14,23-25H,2H2,1H3/b22-13+,23-15?. The van der Waals surface area contributed by atoms with Gasteiger partial charge in [0.25, 0.3) is 0 Å². The zero-order valence-electron chi connectivity index (χ0n) is 14.1. The van der Waals surface area contributed by atoms with Crippen LogP contribution in [0.4, 0.5) is 5.69 Å². The first-order valence-corrected chi connectivity index (χ1v) is 8.04. The monoisotopic (exact) mass is 328 g/mol. The lowest BCUT2D eigenvalue weighted by molar-refractivity contribution is 0.475. The van der Waals surface area contributed by atoms with Gasteiger partial charge in [-0.15, -0.1) is 0 Å². The van der Waals surface area contributed by atoms with E-state index in [4.69, 9.17) is 5.41 Å². The van der Waals surface area contributed by atoms with E-state index < -0.39 is 0 Å². The highest BCUT2D eigenvalue weighted by atomic mass is 16.3. The van der Waals surface area contributed by atoms with E-state index in [1.165, 1.54) is 5.39 Å². The molecule has 3 aromatic carbocycles. The third kappa shape index (κ3) is 3.96. The summed E-state index contributed by atoms with van der Waals surface area (Å²) in [4.78, 5) is 0. The molecule has 0 fully saturated rings. The Labute approximate surface area is 147 Å². The molecule has 3 rings (SSSR count). The van der Waals surface area contributed by atoms with E-state index in [0.29, 0.717) is 11.4 Å². The summed E-state index contributed by atoms with van der Waals surface area (Å²) < 4.78 is 0. The van der Waals surface area contributed by atoms with Gasteiger partial charge < -0.3 is 15.8 Å². The summed E-state index contributed by atoms with van der Waals surface area (Å²) in [5.41, 5.74) is 3.64. The van der Waals surface area contributed by atoms with Crippen molar-refractivity contribution >= 4 is 28.2 Å². The van der Waals surface area contributed by atoms with Crippen molar-refractivity contribution in [2.45, 2.75) is 6.92 Å². The van der Waals surface area contributed by atoms with Crippen LogP contribution in [0.15, 0.2) is 84.6 Å². The first-order valence-electron chi connectivity index (χ1n) is 8.04. The maximum Gasteiger partial charge on any atom is 0.115 e. The van der Waals surface area contributed by atoms with Crippen molar-refractivity contribution in [2.75, 3.05) is 5.32 Å². The van der Waals surface area contributed by atoms with E-state index in [1.54, 1.807) is 19.1 Å². The highest BCUT2D eigenvalue weighted by Crippen LogP contribution is 2.23. The van der Waals surface area contributed by atoms with Gasteiger partial charge in [-0.25, -0.2) is 0 Å². The molecule has 0 amide bonds. The summed E-state index contributed by atoms with van der Waals surface area (Å²) in [5, 5.41) is 23.1. The Hall–Kier alpha value is -3.33. The average molecular weight is 328 g/mol. The molecule has 0 aliphatic carbocycles. The van der Waals surface area contributed by atoms with Crippen LogP contribution in [0.2, 0.25) is 0 Å². The molecule has 0 radical (unpaired) electrons. The van der Waals surface area contributed by atoms with Gasteiger partial charge >= 0.3 is 0 Å². The number of phenols is 1.